The minimum atomic E-state index is -1.07. The van der Waals surface area contributed by atoms with E-state index in [4.69, 9.17) is 5.11 Å². The SMILES string of the molecule is Cc1ccc(NC(=O)NC(C)c2cccs2)c(C(=O)O)c1. The lowest BCUT2D eigenvalue weighted by molar-refractivity contribution is 0.0698. The highest BCUT2D eigenvalue weighted by Crippen LogP contribution is 2.20. The highest BCUT2D eigenvalue weighted by Gasteiger charge is 2.14. The number of amides is 2. The zero-order chi connectivity index (χ0) is 15.4. The van der Waals surface area contributed by atoms with E-state index in [-0.39, 0.29) is 17.3 Å². The predicted octanol–water partition coefficient (Wildman–Crippen LogP) is 3.64. The first-order valence-electron chi connectivity index (χ1n) is 6.42. The molecule has 0 spiro atoms. The number of carbonyl (C=O) groups excluding carboxylic acids is 1. The zero-order valence-corrected chi connectivity index (χ0v) is 12.5. The Balaban J connectivity index is 2.08. The van der Waals surface area contributed by atoms with Crippen LogP contribution in [0.5, 0.6) is 0 Å². The van der Waals surface area contributed by atoms with Crippen LogP contribution in [0, 0.1) is 6.92 Å². The average Bonchev–Trinajstić information content (AvgIpc) is 2.94. The summed E-state index contributed by atoms with van der Waals surface area (Å²) in [7, 11) is 0. The second kappa shape index (κ2) is 6.41. The number of hydrogen-bond acceptors (Lipinski definition) is 3. The molecule has 6 heteroatoms. The lowest BCUT2D eigenvalue weighted by Gasteiger charge is -2.14. The molecule has 0 aliphatic carbocycles. The lowest BCUT2D eigenvalue weighted by atomic mass is 10.1. The van der Waals surface area contributed by atoms with Gasteiger partial charge in [-0.3, -0.25) is 0 Å². The maximum Gasteiger partial charge on any atom is 0.337 e. The van der Waals surface area contributed by atoms with Crippen molar-refractivity contribution in [3.63, 3.8) is 0 Å². The fourth-order valence-electron chi connectivity index (χ4n) is 1.91. The number of anilines is 1. The van der Waals surface area contributed by atoms with Crippen molar-refractivity contribution >= 4 is 29.0 Å². The van der Waals surface area contributed by atoms with Gasteiger partial charge in [-0.05, 0) is 37.4 Å². The quantitative estimate of drug-likeness (QED) is 0.807. The number of hydrogen-bond donors (Lipinski definition) is 3. The first-order valence-corrected chi connectivity index (χ1v) is 7.30. The Morgan fingerprint density at radius 1 is 1.29 bits per heavy atom. The van der Waals surface area contributed by atoms with Crippen LogP contribution < -0.4 is 10.6 Å². The Hall–Kier alpha value is -2.34. The molecular weight excluding hydrogens is 288 g/mol. The van der Waals surface area contributed by atoms with Crippen molar-refractivity contribution < 1.29 is 14.7 Å². The first kappa shape index (κ1) is 15.1. The van der Waals surface area contributed by atoms with E-state index in [1.807, 2.05) is 24.4 Å². The van der Waals surface area contributed by atoms with Crippen LogP contribution in [0.2, 0.25) is 0 Å². The minimum Gasteiger partial charge on any atom is -0.478 e. The third kappa shape index (κ3) is 3.82. The number of rotatable bonds is 4. The molecule has 1 aromatic heterocycles. The third-order valence-corrected chi connectivity index (χ3v) is 4.03. The molecule has 110 valence electrons. The van der Waals surface area contributed by atoms with Gasteiger partial charge < -0.3 is 15.7 Å². The maximum absolute atomic E-state index is 12.0. The Morgan fingerprint density at radius 3 is 2.67 bits per heavy atom. The molecule has 0 aliphatic rings. The summed E-state index contributed by atoms with van der Waals surface area (Å²) in [5.74, 6) is -1.07. The van der Waals surface area contributed by atoms with Crippen LogP contribution in [0.1, 0.15) is 33.8 Å². The van der Waals surface area contributed by atoms with Crippen LogP contribution in [-0.2, 0) is 0 Å². The topological polar surface area (TPSA) is 78.4 Å². The third-order valence-electron chi connectivity index (χ3n) is 2.97. The molecule has 0 radical (unpaired) electrons. The number of aromatic carboxylic acids is 1. The van der Waals surface area contributed by atoms with Crippen LogP contribution in [0.15, 0.2) is 35.7 Å². The van der Waals surface area contributed by atoms with Crippen molar-refractivity contribution in [1.82, 2.24) is 5.32 Å². The zero-order valence-electron chi connectivity index (χ0n) is 11.7. The number of thiophene rings is 1. The molecule has 2 rings (SSSR count). The Labute approximate surface area is 126 Å². The standard InChI is InChI=1S/C15H16N2O3S/c1-9-5-6-12(11(8-9)14(18)19)17-15(20)16-10(2)13-4-3-7-21-13/h3-8,10H,1-2H3,(H,18,19)(H2,16,17,20). The van der Waals surface area contributed by atoms with Gasteiger partial charge in [0.05, 0.1) is 17.3 Å². The highest BCUT2D eigenvalue weighted by atomic mass is 32.1. The van der Waals surface area contributed by atoms with E-state index < -0.39 is 12.0 Å². The summed E-state index contributed by atoms with van der Waals surface area (Å²) in [6, 6.07) is 8.16. The van der Waals surface area contributed by atoms with Crippen LogP contribution in [0.3, 0.4) is 0 Å². The second-order valence-electron chi connectivity index (χ2n) is 4.69. The molecule has 0 bridgehead atoms. The summed E-state index contributed by atoms with van der Waals surface area (Å²) in [5.41, 5.74) is 1.18. The number of benzene rings is 1. The smallest absolute Gasteiger partial charge is 0.337 e. The van der Waals surface area contributed by atoms with E-state index in [1.165, 1.54) is 6.07 Å². The molecule has 3 N–H and O–H groups in total. The van der Waals surface area contributed by atoms with E-state index in [2.05, 4.69) is 10.6 Å². The molecule has 1 atom stereocenters. The van der Waals surface area contributed by atoms with Gasteiger partial charge in [0.15, 0.2) is 0 Å². The largest absolute Gasteiger partial charge is 0.478 e. The highest BCUT2D eigenvalue weighted by molar-refractivity contribution is 7.10. The number of carboxylic acids is 1. The molecule has 21 heavy (non-hydrogen) atoms. The molecule has 1 heterocycles. The monoisotopic (exact) mass is 304 g/mol. The fourth-order valence-corrected chi connectivity index (χ4v) is 2.64. The summed E-state index contributed by atoms with van der Waals surface area (Å²) in [6.07, 6.45) is 0. The van der Waals surface area contributed by atoms with E-state index in [1.54, 1.807) is 30.4 Å². The van der Waals surface area contributed by atoms with Gasteiger partial charge in [-0.2, -0.15) is 0 Å². The lowest BCUT2D eigenvalue weighted by Crippen LogP contribution is -2.31. The molecule has 0 aliphatic heterocycles. The summed E-state index contributed by atoms with van der Waals surface area (Å²) < 4.78 is 0. The van der Waals surface area contributed by atoms with Crippen molar-refractivity contribution in [3.8, 4) is 0 Å². The van der Waals surface area contributed by atoms with Crippen LogP contribution >= 0.6 is 11.3 Å². The van der Waals surface area contributed by atoms with Gasteiger partial charge in [0.2, 0.25) is 0 Å². The summed E-state index contributed by atoms with van der Waals surface area (Å²) in [5, 5.41) is 16.5. The summed E-state index contributed by atoms with van der Waals surface area (Å²) in [4.78, 5) is 24.2. The van der Waals surface area contributed by atoms with Gasteiger partial charge in [-0.15, -0.1) is 11.3 Å². The van der Waals surface area contributed by atoms with Crippen LogP contribution in [-0.4, -0.2) is 17.1 Å². The van der Waals surface area contributed by atoms with Crippen molar-refractivity contribution in [2.75, 3.05) is 5.32 Å². The molecule has 1 aromatic carbocycles. The van der Waals surface area contributed by atoms with E-state index in [9.17, 15) is 9.59 Å². The minimum absolute atomic E-state index is 0.0777. The number of carbonyl (C=O) groups is 2. The van der Waals surface area contributed by atoms with Gasteiger partial charge in [0.25, 0.3) is 0 Å². The fraction of sp³-hybridized carbons (Fsp3) is 0.200. The molecule has 1 unspecified atom stereocenters. The predicted molar refractivity (Wildman–Crippen MR) is 83.0 cm³/mol. The van der Waals surface area contributed by atoms with E-state index in [0.717, 1.165) is 10.4 Å². The average molecular weight is 304 g/mol. The number of urea groups is 1. The normalized spacial score (nSPS) is 11.7. The second-order valence-corrected chi connectivity index (χ2v) is 5.67. The summed E-state index contributed by atoms with van der Waals surface area (Å²) >= 11 is 1.55. The molecule has 0 saturated heterocycles. The van der Waals surface area contributed by atoms with Crippen molar-refractivity contribution in [1.29, 1.82) is 0 Å². The van der Waals surface area contributed by atoms with Crippen LogP contribution in [0.25, 0.3) is 0 Å². The maximum atomic E-state index is 12.0. The molecular formula is C15H16N2O3S. The molecule has 0 saturated carbocycles. The Morgan fingerprint density at radius 2 is 2.05 bits per heavy atom. The van der Waals surface area contributed by atoms with Gasteiger partial charge >= 0.3 is 12.0 Å². The van der Waals surface area contributed by atoms with E-state index in [0.29, 0.717) is 0 Å². The number of aryl methyl sites for hydroxylation is 1. The number of carboxylic acid groups (broad SMARTS) is 1. The van der Waals surface area contributed by atoms with Crippen molar-refractivity contribution in [3.05, 3.63) is 51.7 Å². The first-order chi connectivity index (χ1) is 9.97. The molecule has 2 amide bonds. The van der Waals surface area contributed by atoms with Gasteiger partial charge in [0, 0.05) is 4.88 Å². The Bertz CT molecular complexity index is 653. The number of nitrogens with one attached hydrogen (secondary N) is 2. The summed E-state index contributed by atoms with van der Waals surface area (Å²) in [6.45, 7) is 3.67. The van der Waals surface area contributed by atoms with Gasteiger partial charge in [-0.1, -0.05) is 17.7 Å². The van der Waals surface area contributed by atoms with Gasteiger partial charge in [-0.25, -0.2) is 9.59 Å². The Kier molecular flexibility index (Phi) is 4.59. The van der Waals surface area contributed by atoms with Gasteiger partial charge in [0.1, 0.15) is 0 Å². The van der Waals surface area contributed by atoms with E-state index >= 15 is 0 Å². The molecule has 5 nitrogen and oxygen atoms in total. The van der Waals surface area contributed by atoms with Crippen LogP contribution in [0.4, 0.5) is 10.5 Å². The van der Waals surface area contributed by atoms with Crippen molar-refractivity contribution in [2.45, 2.75) is 19.9 Å². The molecule has 0 fully saturated rings. The molecule has 2 aromatic rings. The van der Waals surface area contributed by atoms with Crippen molar-refractivity contribution in [2.24, 2.45) is 0 Å².